The van der Waals surface area contributed by atoms with Crippen LogP contribution in [-0.2, 0) is 33.0 Å². The molecule has 182 valence electrons. The van der Waals surface area contributed by atoms with E-state index in [1.807, 2.05) is 55.4 Å². The van der Waals surface area contributed by atoms with E-state index in [2.05, 4.69) is 9.97 Å². The maximum atomic E-state index is 6.21. The third-order valence-corrected chi connectivity index (χ3v) is 6.84. The molecule has 4 fully saturated rings. The lowest BCUT2D eigenvalue weighted by Crippen LogP contribution is -2.46. The van der Waals surface area contributed by atoms with E-state index < -0.39 is 54.5 Å². The lowest BCUT2D eigenvalue weighted by molar-refractivity contribution is -0.230. The van der Waals surface area contributed by atoms with Gasteiger partial charge in [-0.25, -0.2) is 9.97 Å². The van der Waals surface area contributed by atoms with Gasteiger partial charge in [-0.2, -0.15) is 0 Å². The highest BCUT2D eigenvalue weighted by Crippen LogP contribution is 2.42. The number of rotatable bonds is 4. The number of aromatic nitrogens is 2. The molecule has 0 bridgehead atoms. The van der Waals surface area contributed by atoms with Crippen molar-refractivity contribution in [2.45, 2.75) is 109 Å². The Kier molecular flexibility index (Phi) is 5.38. The first kappa shape index (κ1) is 23.4. The van der Waals surface area contributed by atoms with Crippen LogP contribution in [0.2, 0.25) is 0 Å². The number of hydrogen-bond donors (Lipinski definition) is 0. The smallest absolute Gasteiger partial charge is 0.454 e. The fourth-order valence-corrected chi connectivity index (χ4v) is 4.42. The summed E-state index contributed by atoms with van der Waals surface area (Å²) in [7, 11) is -0.547. The van der Waals surface area contributed by atoms with E-state index in [0.29, 0.717) is 12.1 Å². The van der Waals surface area contributed by atoms with E-state index in [1.54, 1.807) is 12.4 Å². The molecule has 0 radical (unpaired) electrons. The third kappa shape index (κ3) is 4.29. The molecular weight excluding hydrogens is 431 g/mol. The molecule has 5 atom stereocenters. The molecule has 0 saturated carbocycles. The number of nitrogens with zero attached hydrogens (tertiary/aromatic N) is 2. The number of hydrogen-bond acceptors (Lipinski definition) is 10. The Morgan fingerprint density at radius 1 is 0.848 bits per heavy atom. The van der Waals surface area contributed by atoms with Crippen LogP contribution in [0.15, 0.2) is 12.4 Å². The molecule has 10 nitrogen and oxygen atoms in total. The molecule has 1 aromatic rings. The van der Waals surface area contributed by atoms with E-state index in [-0.39, 0.29) is 12.1 Å². The lowest BCUT2D eigenvalue weighted by Gasteiger charge is -2.32. The molecular formula is C22H33BN2O8. The Hall–Kier alpha value is -1.34. The molecule has 33 heavy (non-hydrogen) atoms. The van der Waals surface area contributed by atoms with Crippen LogP contribution in [0.25, 0.3) is 0 Å². The first-order chi connectivity index (χ1) is 15.3. The highest BCUT2D eigenvalue weighted by Gasteiger charge is 2.60. The summed E-state index contributed by atoms with van der Waals surface area (Å²) < 4.78 is 48.3. The van der Waals surface area contributed by atoms with Crippen LogP contribution in [0.3, 0.4) is 0 Å². The topological polar surface area (TPSA) is 99.6 Å². The Labute approximate surface area is 194 Å². The maximum absolute atomic E-state index is 6.21. The normalized spacial score (nSPS) is 37.9. The minimum atomic E-state index is -0.782. The predicted molar refractivity (Wildman–Crippen MR) is 116 cm³/mol. The van der Waals surface area contributed by atoms with Crippen molar-refractivity contribution in [3.05, 3.63) is 12.4 Å². The van der Waals surface area contributed by atoms with Crippen molar-refractivity contribution in [3.8, 4) is 6.01 Å². The molecule has 4 aliphatic rings. The Morgan fingerprint density at radius 2 is 1.48 bits per heavy atom. The average molecular weight is 464 g/mol. The molecule has 5 rings (SSSR count). The van der Waals surface area contributed by atoms with Crippen LogP contribution in [0, 0.1) is 0 Å². The average Bonchev–Trinajstić information content (AvgIpc) is 3.36. The summed E-state index contributed by atoms with van der Waals surface area (Å²) >= 11 is 0. The van der Waals surface area contributed by atoms with Crippen molar-refractivity contribution < 1.29 is 37.7 Å². The molecule has 11 heteroatoms. The fourth-order valence-electron chi connectivity index (χ4n) is 4.42. The van der Waals surface area contributed by atoms with Gasteiger partial charge in [-0.15, -0.1) is 0 Å². The van der Waals surface area contributed by atoms with Crippen LogP contribution >= 0.6 is 0 Å². The van der Waals surface area contributed by atoms with Gasteiger partial charge in [0.1, 0.15) is 12.2 Å². The van der Waals surface area contributed by atoms with Crippen LogP contribution < -0.4 is 10.2 Å². The monoisotopic (exact) mass is 464 g/mol. The highest BCUT2D eigenvalue weighted by atomic mass is 16.8. The van der Waals surface area contributed by atoms with Crippen LogP contribution in [0.5, 0.6) is 6.01 Å². The highest BCUT2D eigenvalue weighted by molar-refractivity contribution is 6.61. The molecule has 1 aromatic heterocycles. The SMILES string of the molecule is CC1(C)OCC([C@@H]2O[C@@H]3OC(C)(C)O[C@@H]3[C@H]2Oc2ncc(B3OC(C)(C)C(C)(C)O3)cn2)O1. The van der Waals surface area contributed by atoms with Gasteiger partial charge in [-0.1, -0.05) is 0 Å². The van der Waals surface area contributed by atoms with Crippen molar-refractivity contribution in [3.63, 3.8) is 0 Å². The molecule has 0 N–H and O–H groups in total. The zero-order valence-electron chi connectivity index (χ0n) is 20.5. The molecule has 0 aromatic carbocycles. The van der Waals surface area contributed by atoms with Crippen molar-refractivity contribution >= 4 is 12.6 Å². The van der Waals surface area contributed by atoms with Crippen molar-refractivity contribution in [1.82, 2.24) is 9.97 Å². The number of ether oxygens (including phenoxy) is 6. The van der Waals surface area contributed by atoms with E-state index in [1.165, 1.54) is 0 Å². The summed E-state index contributed by atoms with van der Waals surface area (Å²) in [4.78, 5) is 8.81. The van der Waals surface area contributed by atoms with Crippen LogP contribution in [0.1, 0.15) is 55.4 Å². The minimum Gasteiger partial charge on any atom is -0.454 e. The predicted octanol–water partition coefficient (Wildman–Crippen LogP) is 1.55. The van der Waals surface area contributed by atoms with Gasteiger partial charge in [0.2, 0.25) is 0 Å². The van der Waals surface area contributed by atoms with Crippen LogP contribution in [0.4, 0.5) is 0 Å². The van der Waals surface area contributed by atoms with Gasteiger partial charge in [-0.3, -0.25) is 0 Å². The second kappa shape index (κ2) is 7.58. The molecule has 1 unspecified atom stereocenters. The summed E-state index contributed by atoms with van der Waals surface area (Å²) in [5.74, 6) is -1.48. The number of fused-ring (bicyclic) bond motifs is 1. The van der Waals surface area contributed by atoms with Gasteiger partial charge >= 0.3 is 13.1 Å². The first-order valence-electron chi connectivity index (χ1n) is 11.4. The summed E-state index contributed by atoms with van der Waals surface area (Å²) in [5.41, 5.74) is -0.172. The molecule has 0 spiro atoms. The molecule has 5 heterocycles. The Morgan fingerprint density at radius 3 is 2.06 bits per heavy atom. The quantitative estimate of drug-likeness (QED) is 0.611. The van der Waals surface area contributed by atoms with Gasteiger partial charge < -0.3 is 37.7 Å². The van der Waals surface area contributed by atoms with Gasteiger partial charge in [0.05, 0.1) is 17.8 Å². The van der Waals surface area contributed by atoms with Crippen molar-refractivity contribution in [1.29, 1.82) is 0 Å². The Balaban J connectivity index is 1.33. The fraction of sp³-hybridized carbons (Fsp3) is 0.818. The summed E-state index contributed by atoms with van der Waals surface area (Å²) in [6.45, 7) is 15.8. The van der Waals surface area contributed by atoms with Crippen molar-refractivity contribution in [2.24, 2.45) is 0 Å². The van der Waals surface area contributed by atoms with E-state index >= 15 is 0 Å². The van der Waals surface area contributed by atoms with Gasteiger partial charge in [0.25, 0.3) is 0 Å². The van der Waals surface area contributed by atoms with E-state index in [9.17, 15) is 0 Å². The summed E-state index contributed by atoms with van der Waals surface area (Å²) in [6.07, 6.45) is 0.929. The van der Waals surface area contributed by atoms with Crippen LogP contribution in [-0.4, -0.2) is 77.2 Å². The molecule has 4 aliphatic heterocycles. The molecule has 0 aliphatic carbocycles. The van der Waals surface area contributed by atoms with E-state index in [0.717, 1.165) is 0 Å². The van der Waals surface area contributed by atoms with E-state index in [4.69, 9.17) is 37.7 Å². The zero-order chi connectivity index (χ0) is 23.8. The molecule has 4 saturated heterocycles. The largest absolute Gasteiger partial charge is 0.498 e. The first-order valence-corrected chi connectivity index (χ1v) is 11.4. The Bertz CT molecular complexity index is 877. The zero-order valence-corrected chi connectivity index (χ0v) is 20.5. The third-order valence-electron chi connectivity index (χ3n) is 6.84. The van der Waals surface area contributed by atoms with Crippen molar-refractivity contribution in [2.75, 3.05) is 6.61 Å². The molecule has 0 amide bonds. The van der Waals surface area contributed by atoms with Gasteiger partial charge in [-0.05, 0) is 55.4 Å². The maximum Gasteiger partial charge on any atom is 0.498 e. The summed E-state index contributed by atoms with van der Waals surface area (Å²) in [6, 6.07) is 0.195. The second-order valence-electron chi connectivity index (χ2n) is 10.9. The van der Waals surface area contributed by atoms with Gasteiger partial charge in [0.15, 0.2) is 30.1 Å². The second-order valence-corrected chi connectivity index (χ2v) is 10.9. The standard InChI is InChI=1S/C22H33BN2O8/c1-19(2)20(3,4)33-23(32-19)12-9-24-18(25-10-12)28-15-14(13-11-26-21(5,6)29-13)27-17-16(15)30-22(7,8)31-17/h9-10,13-17H,11H2,1-8H3/t13?,14-,15-,16+,17+/m0/s1. The lowest BCUT2D eigenvalue weighted by atomic mass is 9.81. The minimum absolute atomic E-state index is 0.195. The summed E-state index contributed by atoms with van der Waals surface area (Å²) in [5, 5.41) is 0. The van der Waals surface area contributed by atoms with Gasteiger partial charge in [0, 0.05) is 17.9 Å².